The number of aliphatic hydroxyl groups excluding tert-OH is 1. The number of rotatable bonds is 9. The maximum absolute atomic E-state index is 11.4. The van der Waals surface area contributed by atoms with Gasteiger partial charge in [-0.1, -0.05) is 61.7 Å². The highest BCUT2D eigenvalue weighted by atomic mass is 35.5. The number of piperazine rings is 1. The molecule has 2 aromatic carbocycles. The lowest BCUT2D eigenvalue weighted by Crippen LogP contribution is -2.47. The summed E-state index contributed by atoms with van der Waals surface area (Å²) in [5.41, 5.74) is 2.43. The van der Waals surface area contributed by atoms with Crippen LogP contribution in [0.3, 0.4) is 0 Å². The number of benzene rings is 2. The minimum absolute atomic E-state index is 0. The van der Waals surface area contributed by atoms with E-state index in [2.05, 4.69) is 58.5 Å². The van der Waals surface area contributed by atoms with Crippen molar-refractivity contribution in [3.05, 3.63) is 70.1 Å². The summed E-state index contributed by atoms with van der Waals surface area (Å²) >= 11 is 7.76. The second-order valence-electron chi connectivity index (χ2n) is 8.74. The van der Waals surface area contributed by atoms with E-state index in [1.54, 1.807) is 11.3 Å². The van der Waals surface area contributed by atoms with Crippen molar-refractivity contribution in [2.45, 2.75) is 38.8 Å². The van der Waals surface area contributed by atoms with Gasteiger partial charge in [0.25, 0.3) is 0 Å². The van der Waals surface area contributed by atoms with Crippen molar-refractivity contribution < 1.29 is 5.11 Å². The van der Waals surface area contributed by atoms with Gasteiger partial charge in [-0.3, -0.25) is 4.90 Å². The summed E-state index contributed by atoms with van der Waals surface area (Å²) in [6.45, 7) is 8.45. The molecule has 0 radical (unpaired) electrons. The molecule has 6 heteroatoms. The molecule has 2 atom stereocenters. The Morgan fingerprint density at radius 3 is 2.41 bits per heavy atom. The summed E-state index contributed by atoms with van der Waals surface area (Å²) in [5.74, 6) is 0.278. The average Bonchev–Trinajstić information content (AvgIpc) is 3.23. The SMILES string of the molecule is CCCCC(CN1CCN(Cc2ccc(Cl)cc2)CC1)C(O)c1csc2ccccc12.Cl. The molecule has 0 saturated carbocycles. The fourth-order valence-electron chi connectivity index (χ4n) is 4.61. The molecule has 2 unspecified atom stereocenters. The predicted molar refractivity (Wildman–Crippen MR) is 140 cm³/mol. The maximum atomic E-state index is 11.4. The Hall–Kier alpha value is -1.14. The highest BCUT2D eigenvalue weighted by molar-refractivity contribution is 7.17. The zero-order chi connectivity index (χ0) is 21.6. The topological polar surface area (TPSA) is 26.7 Å². The van der Waals surface area contributed by atoms with E-state index in [-0.39, 0.29) is 18.3 Å². The molecule has 4 rings (SSSR count). The zero-order valence-corrected chi connectivity index (χ0v) is 21.1. The van der Waals surface area contributed by atoms with Crippen LogP contribution in [0.15, 0.2) is 53.9 Å². The number of hydrogen-bond acceptors (Lipinski definition) is 4. The number of halogens is 2. The van der Waals surface area contributed by atoms with Crippen LogP contribution in [0, 0.1) is 5.92 Å². The number of aliphatic hydroxyl groups is 1. The van der Waals surface area contributed by atoms with Crippen molar-refractivity contribution in [3.8, 4) is 0 Å². The molecule has 0 spiro atoms. The van der Waals surface area contributed by atoms with Crippen LogP contribution < -0.4 is 0 Å². The van der Waals surface area contributed by atoms with Gasteiger partial charge in [0.05, 0.1) is 6.10 Å². The highest BCUT2D eigenvalue weighted by Crippen LogP contribution is 2.35. The molecular weight excluding hydrogens is 459 g/mol. The Kier molecular flexibility index (Phi) is 9.84. The van der Waals surface area contributed by atoms with E-state index in [0.29, 0.717) is 0 Å². The van der Waals surface area contributed by atoms with Crippen molar-refractivity contribution >= 4 is 45.4 Å². The molecule has 1 N–H and O–H groups in total. The van der Waals surface area contributed by atoms with E-state index in [1.165, 1.54) is 28.5 Å². The number of thiophene rings is 1. The van der Waals surface area contributed by atoms with Crippen LogP contribution in [0.5, 0.6) is 0 Å². The van der Waals surface area contributed by atoms with Gasteiger partial charge >= 0.3 is 0 Å². The van der Waals surface area contributed by atoms with Crippen LogP contribution in [0.1, 0.15) is 43.4 Å². The van der Waals surface area contributed by atoms with Gasteiger partial charge in [-0.25, -0.2) is 0 Å². The van der Waals surface area contributed by atoms with Crippen molar-refractivity contribution in [2.24, 2.45) is 5.92 Å². The number of nitrogens with zero attached hydrogens (tertiary/aromatic N) is 2. The van der Waals surface area contributed by atoms with E-state index >= 15 is 0 Å². The van der Waals surface area contributed by atoms with Gasteiger partial charge in [0.2, 0.25) is 0 Å². The Balaban J connectivity index is 0.00000289. The molecule has 0 bridgehead atoms. The molecule has 3 nitrogen and oxygen atoms in total. The van der Waals surface area contributed by atoms with Gasteiger partial charge in [0.15, 0.2) is 0 Å². The molecule has 2 heterocycles. The summed E-state index contributed by atoms with van der Waals surface area (Å²) in [6.07, 6.45) is 3.02. The average molecular weight is 494 g/mol. The lowest BCUT2D eigenvalue weighted by molar-refractivity contribution is 0.0517. The van der Waals surface area contributed by atoms with Gasteiger partial charge < -0.3 is 10.0 Å². The van der Waals surface area contributed by atoms with Crippen LogP contribution >= 0.6 is 35.3 Å². The largest absolute Gasteiger partial charge is 0.388 e. The predicted octanol–water partition coefficient (Wildman–Crippen LogP) is 6.63. The second-order valence-corrected chi connectivity index (χ2v) is 10.1. The molecule has 1 aliphatic heterocycles. The summed E-state index contributed by atoms with van der Waals surface area (Å²) in [4.78, 5) is 5.07. The smallest absolute Gasteiger partial charge is 0.0844 e. The first-order valence-corrected chi connectivity index (χ1v) is 12.7. The number of unbranched alkanes of at least 4 members (excludes halogenated alkanes) is 1. The van der Waals surface area contributed by atoms with E-state index in [1.807, 2.05) is 12.1 Å². The third-order valence-corrected chi connectivity index (χ3v) is 7.72. The summed E-state index contributed by atoms with van der Waals surface area (Å²) < 4.78 is 1.27. The molecule has 1 saturated heterocycles. The van der Waals surface area contributed by atoms with Crippen molar-refractivity contribution in [1.29, 1.82) is 0 Å². The lowest BCUT2D eigenvalue weighted by atomic mass is 9.90. The minimum Gasteiger partial charge on any atom is -0.388 e. The van der Waals surface area contributed by atoms with E-state index < -0.39 is 6.10 Å². The summed E-state index contributed by atoms with van der Waals surface area (Å²) in [6, 6.07) is 16.6. The zero-order valence-electron chi connectivity index (χ0n) is 18.8. The Bertz CT molecular complexity index is 954. The second kappa shape index (κ2) is 12.4. The maximum Gasteiger partial charge on any atom is 0.0844 e. The van der Waals surface area contributed by atoms with Crippen LogP contribution in [0.4, 0.5) is 0 Å². The molecular formula is C26H34Cl2N2OS. The molecule has 0 aliphatic carbocycles. The summed E-state index contributed by atoms with van der Waals surface area (Å²) in [7, 11) is 0. The Morgan fingerprint density at radius 2 is 1.69 bits per heavy atom. The molecule has 3 aromatic rings. The van der Waals surface area contributed by atoms with Crippen LogP contribution in [-0.4, -0.2) is 47.6 Å². The van der Waals surface area contributed by atoms with Gasteiger partial charge in [-0.05, 0) is 46.5 Å². The van der Waals surface area contributed by atoms with Crippen LogP contribution in [0.25, 0.3) is 10.1 Å². The van der Waals surface area contributed by atoms with Crippen LogP contribution in [0.2, 0.25) is 5.02 Å². The number of fused-ring (bicyclic) bond motifs is 1. The normalized spacial score (nSPS) is 17.2. The molecule has 1 aliphatic rings. The first-order chi connectivity index (χ1) is 15.1. The first kappa shape index (κ1) is 25.5. The molecule has 0 amide bonds. The molecule has 1 aromatic heterocycles. The van der Waals surface area contributed by atoms with Crippen LogP contribution in [-0.2, 0) is 6.54 Å². The van der Waals surface area contributed by atoms with Gasteiger partial charge in [0.1, 0.15) is 0 Å². The number of hydrogen-bond donors (Lipinski definition) is 1. The fourth-order valence-corrected chi connectivity index (χ4v) is 5.72. The molecule has 32 heavy (non-hydrogen) atoms. The summed E-state index contributed by atoms with van der Waals surface area (Å²) in [5, 5.41) is 15.5. The van der Waals surface area contributed by atoms with E-state index in [0.717, 1.165) is 56.3 Å². The minimum atomic E-state index is -0.394. The molecule has 174 valence electrons. The first-order valence-electron chi connectivity index (χ1n) is 11.5. The standard InChI is InChI=1S/C26H33ClN2OS.ClH/c1-2-3-6-21(26(30)24-19-31-25-8-5-4-7-23(24)25)18-29-15-13-28(14-16-29)17-20-9-11-22(27)12-10-20;/h4-5,7-12,19,21,26,30H,2-3,6,13-18H2,1H3;1H. The van der Waals surface area contributed by atoms with Gasteiger partial charge in [-0.2, -0.15) is 0 Å². The monoisotopic (exact) mass is 492 g/mol. The lowest BCUT2D eigenvalue weighted by Gasteiger charge is -2.37. The van der Waals surface area contributed by atoms with Crippen molar-refractivity contribution in [3.63, 3.8) is 0 Å². The molecule has 1 fully saturated rings. The van der Waals surface area contributed by atoms with Crippen molar-refractivity contribution in [2.75, 3.05) is 32.7 Å². The van der Waals surface area contributed by atoms with E-state index in [9.17, 15) is 5.11 Å². The highest BCUT2D eigenvalue weighted by Gasteiger charge is 2.27. The Labute approximate surface area is 207 Å². The quantitative estimate of drug-likeness (QED) is 0.362. The third kappa shape index (κ3) is 6.47. The van der Waals surface area contributed by atoms with E-state index in [4.69, 9.17) is 11.6 Å². The van der Waals surface area contributed by atoms with Gasteiger partial charge in [0, 0.05) is 54.9 Å². The van der Waals surface area contributed by atoms with Gasteiger partial charge in [-0.15, -0.1) is 23.7 Å². The third-order valence-electron chi connectivity index (χ3n) is 6.48. The van der Waals surface area contributed by atoms with Crippen molar-refractivity contribution in [1.82, 2.24) is 9.80 Å². The Morgan fingerprint density at radius 1 is 1.00 bits per heavy atom. The fraction of sp³-hybridized carbons (Fsp3) is 0.462.